The van der Waals surface area contributed by atoms with Crippen LogP contribution in [0.15, 0.2) is 64.4 Å². The molecule has 0 spiro atoms. The Morgan fingerprint density at radius 2 is 1.89 bits per heavy atom. The molecule has 0 saturated heterocycles. The monoisotopic (exact) mass is 364 g/mol. The maximum Gasteiger partial charge on any atom is 0.328 e. The zero-order chi connectivity index (χ0) is 19.4. The largest absolute Gasteiger partial charge is 0.328 e. The van der Waals surface area contributed by atoms with Crippen molar-refractivity contribution in [3.63, 3.8) is 0 Å². The van der Waals surface area contributed by atoms with E-state index in [1.165, 1.54) is 11.1 Å². The number of carbonyl (C=O) groups is 1. The molecule has 0 bridgehead atoms. The summed E-state index contributed by atoms with van der Waals surface area (Å²) in [5.41, 5.74) is 0.900. The number of hydrogen-bond donors (Lipinski definition) is 1. The number of aryl methyl sites for hydroxylation is 1. The minimum Gasteiger partial charge on any atom is -0.313 e. The van der Waals surface area contributed by atoms with E-state index in [1.54, 1.807) is 24.4 Å². The van der Waals surface area contributed by atoms with Gasteiger partial charge in [-0.15, -0.1) is 0 Å². The number of benzene rings is 1. The Bertz CT molecular complexity index is 1070. The average molecular weight is 364 g/mol. The standard InChI is InChI=1S/C20H20N4O3/c1-3-23(17-10-5-4-8-14(17)2)18(25)16-12-22-20(27)24(19(16)26)13-15-9-6-7-11-21-15/h4-12H,3,13H2,1-2H3,(H,22,27). The van der Waals surface area contributed by atoms with Gasteiger partial charge in [-0.3, -0.25) is 19.1 Å². The zero-order valence-electron chi connectivity index (χ0n) is 15.2. The molecule has 1 amide bonds. The first-order chi connectivity index (χ1) is 13.0. The molecule has 27 heavy (non-hydrogen) atoms. The average Bonchev–Trinajstić information content (AvgIpc) is 2.68. The predicted octanol–water partition coefficient (Wildman–Crippen LogP) is 1.96. The number of hydrogen-bond acceptors (Lipinski definition) is 4. The molecule has 0 fully saturated rings. The molecule has 0 aliphatic heterocycles. The molecule has 0 saturated carbocycles. The summed E-state index contributed by atoms with van der Waals surface area (Å²) in [6.07, 6.45) is 2.77. The van der Waals surface area contributed by atoms with E-state index in [0.29, 0.717) is 12.2 Å². The number of H-pyrrole nitrogens is 1. The lowest BCUT2D eigenvalue weighted by Gasteiger charge is -2.22. The highest BCUT2D eigenvalue weighted by Gasteiger charge is 2.22. The van der Waals surface area contributed by atoms with E-state index in [0.717, 1.165) is 15.8 Å². The summed E-state index contributed by atoms with van der Waals surface area (Å²) in [6, 6.07) is 12.7. The van der Waals surface area contributed by atoms with Gasteiger partial charge >= 0.3 is 5.69 Å². The van der Waals surface area contributed by atoms with Crippen molar-refractivity contribution in [1.82, 2.24) is 14.5 Å². The third kappa shape index (κ3) is 3.72. The summed E-state index contributed by atoms with van der Waals surface area (Å²) in [4.78, 5) is 46.2. The molecule has 1 N–H and O–H groups in total. The van der Waals surface area contributed by atoms with Crippen LogP contribution in [0.4, 0.5) is 5.69 Å². The Hall–Kier alpha value is -3.48. The third-order valence-corrected chi connectivity index (χ3v) is 4.30. The van der Waals surface area contributed by atoms with Gasteiger partial charge in [0, 0.05) is 24.6 Å². The van der Waals surface area contributed by atoms with Gasteiger partial charge in [-0.05, 0) is 37.6 Å². The molecule has 138 valence electrons. The van der Waals surface area contributed by atoms with E-state index in [2.05, 4.69) is 9.97 Å². The molecule has 2 aromatic heterocycles. The second kappa shape index (κ2) is 7.82. The van der Waals surface area contributed by atoms with Gasteiger partial charge in [0.2, 0.25) is 0 Å². The van der Waals surface area contributed by atoms with Crippen molar-refractivity contribution in [2.45, 2.75) is 20.4 Å². The van der Waals surface area contributed by atoms with Crippen LogP contribution < -0.4 is 16.1 Å². The Labute approximate surface area is 155 Å². The third-order valence-electron chi connectivity index (χ3n) is 4.30. The predicted molar refractivity (Wildman–Crippen MR) is 103 cm³/mol. The highest BCUT2D eigenvalue weighted by atomic mass is 16.2. The molecular formula is C20H20N4O3. The summed E-state index contributed by atoms with van der Waals surface area (Å²) in [7, 11) is 0. The normalized spacial score (nSPS) is 10.6. The number of carbonyl (C=O) groups excluding carboxylic acids is 1. The molecule has 2 heterocycles. The lowest BCUT2D eigenvalue weighted by Crippen LogP contribution is -2.42. The Kier molecular flexibility index (Phi) is 5.30. The number of nitrogens with one attached hydrogen (secondary N) is 1. The van der Waals surface area contributed by atoms with E-state index in [4.69, 9.17) is 0 Å². The van der Waals surface area contributed by atoms with E-state index in [1.807, 2.05) is 38.1 Å². The summed E-state index contributed by atoms with van der Waals surface area (Å²) >= 11 is 0. The summed E-state index contributed by atoms with van der Waals surface area (Å²) in [6.45, 7) is 4.12. The highest BCUT2D eigenvalue weighted by molar-refractivity contribution is 6.06. The molecule has 1 aromatic carbocycles. The number of amides is 1. The van der Waals surface area contributed by atoms with Gasteiger partial charge in [-0.1, -0.05) is 24.3 Å². The van der Waals surface area contributed by atoms with Crippen molar-refractivity contribution in [1.29, 1.82) is 0 Å². The van der Waals surface area contributed by atoms with Crippen LogP contribution >= 0.6 is 0 Å². The first kappa shape index (κ1) is 18.3. The van der Waals surface area contributed by atoms with Gasteiger partial charge < -0.3 is 9.88 Å². The minimum absolute atomic E-state index is 0.00732. The second-order valence-corrected chi connectivity index (χ2v) is 6.06. The maximum absolute atomic E-state index is 13.0. The second-order valence-electron chi connectivity index (χ2n) is 6.06. The summed E-state index contributed by atoms with van der Waals surface area (Å²) in [5, 5.41) is 0. The molecule has 7 nitrogen and oxygen atoms in total. The smallest absolute Gasteiger partial charge is 0.313 e. The van der Waals surface area contributed by atoms with Gasteiger partial charge in [0.05, 0.1) is 12.2 Å². The van der Waals surface area contributed by atoms with E-state index in [9.17, 15) is 14.4 Å². The molecule has 0 radical (unpaired) electrons. The topological polar surface area (TPSA) is 88.1 Å². The SMILES string of the molecule is CCN(C(=O)c1c[nH]c(=O)n(Cc2ccccn2)c1=O)c1ccccc1C. The van der Waals surface area contributed by atoms with Crippen LogP contribution in [0, 0.1) is 6.92 Å². The molecule has 3 rings (SSSR count). The molecule has 7 heteroatoms. The van der Waals surface area contributed by atoms with E-state index < -0.39 is 17.2 Å². The zero-order valence-corrected chi connectivity index (χ0v) is 15.2. The molecule has 0 aliphatic carbocycles. The van der Waals surface area contributed by atoms with Crippen LogP contribution in [-0.2, 0) is 6.54 Å². The first-order valence-corrected chi connectivity index (χ1v) is 8.63. The molecule has 0 aliphatic rings. The molecule has 0 atom stereocenters. The number of para-hydroxylation sites is 1. The number of pyridine rings is 1. The Balaban J connectivity index is 2.03. The van der Waals surface area contributed by atoms with Gasteiger partial charge in [0.15, 0.2) is 0 Å². The van der Waals surface area contributed by atoms with Gasteiger partial charge in [-0.2, -0.15) is 0 Å². The fourth-order valence-electron chi connectivity index (χ4n) is 2.90. The quantitative estimate of drug-likeness (QED) is 0.750. The van der Waals surface area contributed by atoms with Crippen molar-refractivity contribution < 1.29 is 4.79 Å². The van der Waals surface area contributed by atoms with Crippen molar-refractivity contribution in [2.24, 2.45) is 0 Å². The van der Waals surface area contributed by atoms with Crippen LogP contribution in [0.5, 0.6) is 0 Å². The van der Waals surface area contributed by atoms with Crippen LogP contribution in [0.1, 0.15) is 28.5 Å². The number of anilines is 1. The lowest BCUT2D eigenvalue weighted by atomic mass is 10.1. The van der Waals surface area contributed by atoms with Crippen LogP contribution in [-0.4, -0.2) is 27.0 Å². The first-order valence-electron chi connectivity index (χ1n) is 8.63. The number of aromatic amines is 1. The molecular weight excluding hydrogens is 344 g/mol. The van der Waals surface area contributed by atoms with Crippen LogP contribution in [0.25, 0.3) is 0 Å². The molecule has 3 aromatic rings. The molecule has 0 unspecified atom stereocenters. The van der Waals surface area contributed by atoms with E-state index >= 15 is 0 Å². The highest BCUT2D eigenvalue weighted by Crippen LogP contribution is 2.20. The Morgan fingerprint density at radius 1 is 1.15 bits per heavy atom. The Morgan fingerprint density at radius 3 is 2.56 bits per heavy atom. The van der Waals surface area contributed by atoms with Crippen molar-refractivity contribution in [3.8, 4) is 0 Å². The van der Waals surface area contributed by atoms with Crippen molar-refractivity contribution >= 4 is 11.6 Å². The van der Waals surface area contributed by atoms with Crippen molar-refractivity contribution in [2.75, 3.05) is 11.4 Å². The summed E-state index contributed by atoms with van der Waals surface area (Å²) < 4.78 is 0.987. The van der Waals surface area contributed by atoms with E-state index in [-0.39, 0.29) is 12.1 Å². The number of aromatic nitrogens is 3. The lowest BCUT2D eigenvalue weighted by molar-refractivity contribution is 0.0985. The van der Waals surface area contributed by atoms with Gasteiger partial charge in [0.25, 0.3) is 11.5 Å². The summed E-state index contributed by atoms with van der Waals surface area (Å²) in [5.74, 6) is -0.456. The van der Waals surface area contributed by atoms with Crippen molar-refractivity contribution in [3.05, 3.63) is 92.5 Å². The fourth-order valence-corrected chi connectivity index (χ4v) is 2.90. The number of rotatable bonds is 5. The number of nitrogens with zero attached hydrogens (tertiary/aromatic N) is 3. The maximum atomic E-state index is 13.0. The van der Waals surface area contributed by atoms with Crippen LogP contribution in [0.3, 0.4) is 0 Å². The van der Waals surface area contributed by atoms with Crippen LogP contribution in [0.2, 0.25) is 0 Å². The van der Waals surface area contributed by atoms with Gasteiger partial charge in [-0.25, -0.2) is 4.79 Å². The minimum atomic E-state index is -0.638. The fraction of sp³-hybridized carbons (Fsp3) is 0.200. The van der Waals surface area contributed by atoms with Gasteiger partial charge in [0.1, 0.15) is 5.56 Å².